The largest absolute Gasteiger partial charge is 0.490 e. The van der Waals surface area contributed by atoms with Crippen LogP contribution in [0.3, 0.4) is 0 Å². The Labute approximate surface area is 357 Å². The molecule has 15 heteroatoms. The molecular weight excluding hydrogens is 798 g/mol. The van der Waals surface area contributed by atoms with Crippen LogP contribution in [0.4, 0.5) is 5.82 Å². The Morgan fingerprint density at radius 1 is 0.933 bits per heavy atom. The van der Waals surface area contributed by atoms with Gasteiger partial charge in [-0.2, -0.15) is 5.26 Å². The summed E-state index contributed by atoms with van der Waals surface area (Å²) in [6.07, 6.45) is 7.71. The van der Waals surface area contributed by atoms with Crippen molar-refractivity contribution in [3.8, 4) is 22.6 Å². The van der Waals surface area contributed by atoms with Crippen LogP contribution in [0.25, 0.3) is 5.00 Å². The highest BCUT2D eigenvalue weighted by Gasteiger charge is 2.52. The molecule has 2 spiro atoms. The number of hydrogen-bond donors (Lipinski definition) is 1. The van der Waals surface area contributed by atoms with Gasteiger partial charge >= 0.3 is 0 Å². The SMILES string of the molecule is Cc1sc2c(c1C)C(c1ccc(OC3CCC4(C3)CN(c3ccc(C(=O)NC5CCC(Oc6ccc(C#N)c(Cl)c6)CC5)nn3)CCO4)cc1)=NC1(CC1)c1nnc(C)n1-2. The van der Waals surface area contributed by atoms with Crippen molar-refractivity contribution in [1.29, 1.82) is 5.26 Å². The quantitative estimate of drug-likeness (QED) is 0.164. The summed E-state index contributed by atoms with van der Waals surface area (Å²) in [7, 11) is 0. The third-order valence-corrected chi connectivity index (χ3v) is 14.4. The predicted octanol–water partition coefficient (Wildman–Crippen LogP) is 7.74. The molecule has 10 rings (SSSR count). The number of nitriles is 1. The fraction of sp³-hybridized carbons (Fsp3) is 0.444. The monoisotopic (exact) mass is 843 g/mol. The van der Waals surface area contributed by atoms with Gasteiger partial charge in [0.2, 0.25) is 0 Å². The van der Waals surface area contributed by atoms with E-state index in [-0.39, 0.29) is 35.3 Å². The Morgan fingerprint density at radius 3 is 2.45 bits per heavy atom. The van der Waals surface area contributed by atoms with Crippen LogP contribution in [0.5, 0.6) is 11.5 Å². The number of aliphatic imine (C=N–C) groups is 1. The number of amides is 1. The maximum absolute atomic E-state index is 13.2. The van der Waals surface area contributed by atoms with Crippen LogP contribution < -0.4 is 19.7 Å². The summed E-state index contributed by atoms with van der Waals surface area (Å²) in [6.45, 7) is 8.35. The summed E-state index contributed by atoms with van der Waals surface area (Å²) in [5, 5.41) is 31.7. The van der Waals surface area contributed by atoms with Gasteiger partial charge in [0.05, 0.1) is 34.6 Å². The lowest BCUT2D eigenvalue weighted by molar-refractivity contribution is -0.0559. The predicted molar refractivity (Wildman–Crippen MR) is 228 cm³/mol. The maximum atomic E-state index is 13.2. The van der Waals surface area contributed by atoms with Crippen molar-refractivity contribution in [3.63, 3.8) is 0 Å². The van der Waals surface area contributed by atoms with Crippen molar-refractivity contribution in [3.05, 3.63) is 104 Å². The second-order valence-corrected chi connectivity index (χ2v) is 18.5. The number of aryl methyl sites for hydroxylation is 2. The van der Waals surface area contributed by atoms with Crippen molar-refractivity contribution in [2.45, 2.75) is 108 Å². The van der Waals surface area contributed by atoms with E-state index < -0.39 is 0 Å². The van der Waals surface area contributed by atoms with E-state index in [9.17, 15) is 4.79 Å². The summed E-state index contributed by atoms with van der Waals surface area (Å²) >= 11 is 7.96. The summed E-state index contributed by atoms with van der Waals surface area (Å²) in [4.78, 5) is 22.1. The Kier molecular flexibility index (Phi) is 9.88. The summed E-state index contributed by atoms with van der Waals surface area (Å²) in [5.41, 5.74) is 4.58. The number of anilines is 1. The number of nitrogens with zero attached hydrogens (tertiary/aromatic N) is 8. The average molecular weight is 844 g/mol. The van der Waals surface area contributed by atoms with E-state index in [1.165, 1.54) is 16.0 Å². The van der Waals surface area contributed by atoms with Gasteiger partial charge < -0.3 is 24.4 Å². The highest BCUT2D eigenvalue weighted by molar-refractivity contribution is 7.15. The molecule has 2 atom stereocenters. The maximum Gasteiger partial charge on any atom is 0.272 e. The third kappa shape index (κ3) is 7.20. The highest BCUT2D eigenvalue weighted by Crippen LogP contribution is 2.53. The molecule has 4 fully saturated rings. The van der Waals surface area contributed by atoms with E-state index in [4.69, 9.17) is 36.1 Å². The third-order valence-electron chi connectivity index (χ3n) is 12.9. The summed E-state index contributed by atoms with van der Waals surface area (Å²) < 4.78 is 21.4. The number of ether oxygens (including phenoxy) is 3. The lowest BCUT2D eigenvalue weighted by atomic mass is 9.93. The first-order valence-corrected chi connectivity index (χ1v) is 22.1. The molecule has 0 radical (unpaired) electrons. The van der Waals surface area contributed by atoms with Crippen molar-refractivity contribution >= 4 is 40.4 Å². The molecule has 5 heterocycles. The summed E-state index contributed by atoms with van der Waals surface area (Å²) in [6, 6.07) is 19.3. The number of morpholine rings is 1. The van der Waals surface area contributed by atoms with Crippen molar-refractivity contribution in [2.75, 3.05) is 24.6 Å². The van der Waals surface area contributed by atoms with Crippen molar-refractivity contribution in [2.24, 2.45) is 4.99 Å². The van der Waals surface area contributed by atoms with Crippen LogP contribution in [0.2, 0.25) is 5.02 Å². The Balaban J connectivity index is 0.739. The molecule has 308 valence electrons. The number of aromatic nitrogens is 5. The molecule has 60 heavy (non-hydrogen) atoms. The van der Waals surface area contributed by atoms with E-state index in [1.807, 2.05) is 13.0 Å². The van der Waals surface area contributed by atoms with Crippen LogP contribution in [-0.2, 0) is 10.3 Å². The minimum atomic E-state index is -0.342. The smallest absolute Gasteiger partial charge is 0.272 e. The molecule has 0 bridgehead atoms. The fourth-order valence-corrected chi connectivity index (χ4v) is 10.7. The number of carbonyl (C=O) groups is 1. The Bertz CT molecular complexity index is 2540. The lowest BCUT2D eigenvalue weighted by Crippen LogP contribution is -2.51. The number of carbonyl (C=O) groups excluding carboxylic acids is 1. The van der Waals surface area contributed by atoms with Crippen LogP contribution >= 0.6 is 22.9 Å². The average Bonchev–Trinajstić information content (AvgIpc) is 3.69. The standard InChI is InChI=1S/C45H46ClN9O4S/c1-26-27(2)60-42-39(26)40(49-45(18-19-45)43-53-50-28(3)55(42)43)29-4-9-32(10-5-29)59-35-16-17-44(23-35)25-54(20-21-57-44)38-15-14-37(51-52-38)41(56)48-31-7-12-33(13-8-31)58-34-11-6-30(24-47)36(46)22-34/h4-6,9-11,14-15,22,31,33,35H,7-8,12-13,16-21,23,25H2,1-3H3,(H,48,56). The molecule has 1 N–H and O–H groups in total. The molecule has 5 aliphatic rings. The van der Waals surface area contributed by atoms with Crippen LogP contribution in [0, 0.1) is 32.1 Å². The minimum Gasteiger partial charge on any atom is -0.490 e. The number of rotatable bonds is 8. The van der Waals surface area contributed by atoms with E-state index in [0.29, 0.717) is 41.7 Å². The molecule has 3 aliphatic carbocycles. The molecule has 1 amide bonds. The molecule has 2 aliphatic heterocycles. The van der Waals surface area contributed by atoms with Gasteiger partial charge in [0.15, 0.2) is 17.3 Å². The second-order valence-electron chi connectivity index (χ2n) is 16.9. The topological polar surface area (TPSA) is 153 Å². The van der Waals surface area contributed by atoms with Gasteiger partial charge in [-0.3, -0.25) is 14.4 Å². The van der Waals surface area contributed by atoms with E-state index >= 15 is 0 Å². The van der Waals surface area contributed by atoms with Crippen molar-refractivity contribution in [1.82, 2.24) is 30.3 Å². The Hall–Kier alpha value is -5.36. The number of nitrogens with one attached hydrogen (secondary N) is 1. The number of hydrogen-bond acceptors (Lipinski definition) is 12. The molecule has 2 unspecified atom stereocenters. The first kappa shape index (κ1) is 38.8. The first-order chi connectivity index (χ1) is 29.1. The zero-order chi connectivity index (χ0) is 41.2. The fourth-order valence-electron chi connectivity index (χ4n) is 9.33. The highest BCUT2D eigenvalue weighted by atomic mass is 35.5. The minimum absolute atomic E-state index is 0.0221. The number of halogens is 1. The number of fused-ring (bicyclic) bond motifs is 4. The lowest BCUT2D eigenvalue weighted by Gasteiger charge is -2.41. The van der Waals surface area contributed by atoms with Gasteiger partial charge in [-0.15, -0.1) is 31.7 Å². The van der Waals surface area contributed by atoms with Gasteiger partial charge in [-0.1, -0.05) is 11.6 Å². The second kappa shape index (κ2) is 15.3. The number of benzene rings is 2. The molecule has 13 nitrogen and oxygen atoms in total. The van der Waals surface area contributed by atoms with Crippen LogP contribution in [0.1, 0.15) is 107 Å². The molecule has 3 saturated carbocycles. The van der Waals surface area contributed by atoms with Crippen LogP contribution in [0.15, 0.2) is 59.6 Å². The van der Waals surface area contributed by atoms with Crippen LogP contribution in [-0.4, -0.2) is 80.1 Å². The Morgan fingerprint density at radius 2 is 1.72 bits per heavy atom. The van der Waals surface area contributed by atoms with Gasteiger partial charge in [0, 0.05) is 47.6 Å². The molecule has 3 aromatic heterocycles. The zero-order valence-electron chi connectivity index (χ0n) is 33.9. The first-order valence-electron chi connectivity index (χ1n) is 20.9. The van der Waals surface area contributed by atoms with Crippen molar-refractivity contribution < 1.29 is 19.0 Å². The van der Waals surface area contributed by atoms with Gasteiger partial charge in [-0.25, -0.2) is 0 Å². The molecular formula is C45H46ClN9O4S. The zero-order valence-corrected chi connectivity index (χ0v) is 35.5. The molecule has 5 aromatic rings. The van der Waals surface area contributed by atoms with E-state index in [2.05, 4.69) is 79.4 Å². The number of thiophene rings is 1. The van der Waals surface area contributed by atoms with Gasteiger partial charge in [-0.05, 0) is 126 Å². The molecule has 1 saturated heterocycles. The summed E-state index contributed by atoms with van der Waals surface area (Å²) in [5.74, 6) is 3.85. The normalized spacial score (nSPS) is 23.9. The van der Waals surface area contributed by atoms with E-state index in [1.54, 1.807) is 35.6 Å². The van der Waals surface area contributed by atoms with E-state index in [0.717, 1.165) is 97.3 Å². The molecule has 2 aromatic carbocycles. The van der Waals surface area contributed by atoms with Gasteiger partial charge in [0.1, 0.15) is 40.0 Å². The van der Waals surface area contributed by atoms with Gasteiger partial charge in [0.25, 0.3) is 5.91 Å².